The fourth-order valence-corrected chi connectivity index (χ4v) is 3.21. The van der Waals surface area contributed by atoms with Crippen LogP contribution in [0.2, 0.25) is 0 Å². The van der Waals surface area contributed by atoms with Crippen molar-refractivity contribution in [2.24, 2.45) is 5.92 Å². The molecule has 1 heterocycles. The maximum absolute atomic E-state index is 13.2. The SMILES string of the molecule is OC1(CC(COC2CCCCO2)C(F)(F)F)CCCCC1. The van der Waals surface area contributed by atoms with E-state index in [-0.39, 0.29) is 6.42 Å². The summed E-state index contributed by atoms with van der Waals surface area (Å²) < 4.78 is 50.1. The van der Waals surface area contributed by atoms with Gasteiger partial charge in [-0.1, -0.05) is 19.3 Å². The van der Waals surface area contributed by atoms with Gasteiger partial charge in [0.25, 0.3) is 0 Å². The highest BCUT2D eigenvalue weighted by molar-refractivity contribution is 4.87. The number of ether oxygens (including phenoxy) is 2. The third-order valence-corrected chi connectivity index (χ3v) is 4.49. The van der Waals surface area contributed by atoms with Gasteiger partial charge in [0, 0.05) is 6.61 Å². The van der Waals surface area contributed by atoms with Gasteiger partial charge in [0.15, 0.2) is 6.29 Å². The molecular formula is C15H25F3O3. The molecule has 124 valence electrons. The Hall–Kier alpha value is -0.330. The molecule has 0 spiro atoms. The molecule has 0 amide bonds. The predicted octanol–water partition coefficient (Wildman–Crippen LogP) is 3.79. The van der Waals surface area contributed by atoms with Crippen LogP contribution < -0.4 is 0 Å². The van der Waals surface area contributed by atoms with E-state index >= 15 is 0 Å². The second kappa shape index (κ2) is 7.29. The number of rotatable bonds is 5. The van der Waals surface area contributed by atoms with Crippen molar-refractivity contribution >= 4 is 0 Å². The summed E-state index contributed by atoms with van der Waals surface area (Å²) in [4.78, 5) is 0. The van der Waals surface area contributed by atoms with E-state index in [1.807, 2.05) is 0 Å². The van der Waals surface area contributed by atoms with Crippen LogP contribution >= 0.6 is 0 Å². The minimum atomic E-state index is -4.35. The molecule has 1 saturated carbocycles. The third kappa shape index (κ3) is 5.42. The summed E-state index contributed by atoms with van der Waals surface area (Å²) in [5.41, 5.74) is -1.19. The molecule has 0 bridgehead atoms. The number of hydrogen-bond donors (Lipinski definition) is 1. The Kier molecular flexibility index (Phi) is 5.91. The zero-order chi connectivity index (χ0) is 15.3. The largest absolute Gasteiger partial charge is 0.394 e. The van der Waals surface area contributed by atoms with Gasteiger partial charge in [-0.3, -0.25) is 0 Å². The van der Waals surface area contributed by atoms with Crippen molar-refractivity contribution in [1.29, 1.82) is 0 Å². The number of alkyl halides is 3. The lowest BCUT2D eigenvalue weighted by atomic mass is 9.78. The fourth-order valence-electron chi connectivity index (χ4n) is 3.21. The minimum Gasteiger partial charge on any atom is -0.390 e. The average Bonchev–Trinajstić information content (AvgIpc) is 2.44. The molecule has 6 heteroatoms. The summed E-state index contributed by atoms with van der Waals surface area (Å²) in [5, 5.41) is 10.4. The van der Waals surface area contributed by atoms with Gasteiger partial charge in [-0.25, -0.2) is 0 Å². The highest BCUT2D eigenvalue weighted by atomic mass is 19.4. The molecule has 3 nitrogen and oxygen atoms in total. The van der Waals surface area contributed by atoms with Crippen molar-refractivity contribution in [3.05, 3.63) is 0 Å². The Morgan fingerprint density at radius 3 is 2.43 bits per heavy atom. The van der Waals surface area contributed by atoms with Gasteiger partial charge in [0.1, 0.15) is 0 Å². The molecular weight excluding hydrogens is 285 g/mol. The summed E-state index contributed by atoms with van der Waals surface area (Å²) in [5.74, 6) is -1.62. The van der Waals surface area contributed by atoms with Crippen LogP contribution in [0.15, 0.2) is 0 Å². The first-order valence-corrected chi connectivity index (χ1v) is 7.91. The van der Waals surface area contributed by atoms with Crippen molar-refractivity contribution in [1.82, 2.24) is 0 Å². The number of halogens is 3. The summed E-state index contributed by atoms with van der Waals surface area (Å²) in [6.07, 6.45) is 0.879. The Morgan fingerprint density at radius 1 is 1.14 bits per heavy atom. The lowest BCUT2D eigenvalue weighted by Gasteiger charge is -2.36. The molecule has 1 N–H and O–H groups in total. The summed E-state index contributed by atoms with van der Waals surface area (Å²) in [6.45, 7) is 0.127. The van der Waals surface area contributed by atoms with E-state index in [9.17, 15) is 18.3 Å². The molecule has 0 aromatic carbocycles. The molecule has 2 fully saturated rings. The Balaban J connectivity index is 1.88. The lowest BCUT2D eigenvalue weighted by Crippen LogP contribution is -2.40. The lowest BCUT2D eigenvalue weighted by molar-refractivity contribution is -0.232. The molecule has 2 atom stereocenters. The van der Waals surface area contributed by atoms with Crippen LogP contribution in [0.25, 0.3) is 0 Å². The van der Waals surface area contributed by atoms with Gasteiger partial charge in [0.2, 0.25) is 0 Å². The predicted molar refractivity (Wildman–Crippen MR) is 71.7 cm³/mol. The molecule has 1 saturated heterocycles. The van der Waals surface area contributed by atoms with Crippen molar-refractivity contribution in [3.63, 3.8) is 0 Å². The third-order valence-electron chi connectivity index (χ3n) is 4.49. The zero-order valence-corrected chi connectivity index (χ0v) is 12.3. The van der Waals surface area contributed by atoms with Crippen LogP contribution in [0.4, 0.5) is 13.2 Å². The molecule has 1 aliphatic carbocycles. The van der Waals surface area contributed by atoms with Gasteiger partial charge >= 0.3 is 6.18 Å². The highest BCUT2D eigenvalue weighted by Gasteiger charge is 2.45. The molecule has 0 aromatic heterocycles. The van der Waals surface area contributed by atoms with E-state index in [4.69, 9.17) is 9.47 Å². The second-order valence-electron chi connectivity index (χ2n) is 6.36. The molecule has 0 radical (unpaired) electrons. The molecule has 2 unspecified atom stereocenters. The zero-order valence-electron chi connectivity index (χ0n) is 12.3. The van der Waals surface area contributed by atoms with E-state index in [0.717, 1.165) is 32.1 Å². The summed E-state index contributed by atoms with van der Waals surface area (Å²) in [6, 6.07) is 0. The fraction of sp³-hybridized carbons (Fsp3) is 1.00. The molecule has 0 aromatic rings. The first-order valence-electron chi connectivity index (χ1n) is 7.91. The number of aliphatic hydroxyl groups is 1. The van der Waals surface area contributed by atoms with Gasteiger partial charge < -0.3 is 14.6 Å². The van der Waals surface area contributed by atoms with Crippen LogP contribution in [0.5, 0.6) is 0 Å². The maximum atomic E-state index is 13.2. The van der Waals surface area contributed by atoms with E-state index in [1.54, 1.807) is 0 Å². The maximum Gasteiger partial charge on any atom is 0.394 e. The van der Waals surface area contributed by atoms with Crippen molar-refractivity contribution in [3.8, 4) is 0 Å². The van der Waals surface area contributed by atoms with Crippen molar-refractivity contribution < 1.29 is 27.8 Å². The van der Waals surface area contributed by atoms with E-state index < -0.39 is 30.6 Å². The van der Waals surface area contributed by atoms with Crippen LogP contribution in [-0.4, -0.2) is 36.4 Å². The van der Waals surface area contributed by atoms with Crippen molar-refractivity contribution in [2.45, 2.75) is 75.9 Å². The van der Waals surface area contributed by atoms with Gasteiger partial charge in [-0.2, -0.15) is 13.2 Å². The molecule has 2 aliphatic rings. The van der Waals surface area contributed by atoms with Crippen molar-refractivity contribution in [2.75, 3.05) is 13.2 Å². The van der Waals surface area contributed by atoms with Gasteiger partial charge in [-0.05, 0) is 38.5 Å². The van der Waals surface area contributed by atoms with Crippen LogP contribution in [-0.2, 0) is 9.47 Å². The summed E-state index contributed by atoms with van der Waals surface area (Å²) in [7, 11) is 0. The second-order valence-corrected chi connectivity index (χ2v) is 6.36. The normalized spacial score (nSPS) is 28.3. The first kappa shape index (κ1) is 17.0. The van der Waals surface area contributed by atoms with E-state index in [2.05, 4.69) is 0 Å². The van der Waals surface area contributed by atoms with Gasteiger partial charge in [-0.15, -0.1) is 0 Å². The standard InChI is InChI=1S/C15H25F3O3/c16-15(17,18)12(10-14(19)7-3-1-4-8-14)11-21-13-6-2-5-9-20-13/h12-13,19H,1-11H2. The molecule has 2 rings (SSSR count). The number of hydrogen-bond acceptors (Lipinski definition) is 3. The Bertz CT molecular complexity index is 308. The smallest absolute Gasteiger partial charge is 0.390 e. The minimum absolute atomic E-state index is 0.261. The topological polar surface area (TPSA) is 38.7 Å². The van der Waals surface area contributed by atoms with E-state index in [1.165, 1.54) is 0 Å². The highest BCUT2D eigenvalue weighted by Crippen LogP contribution is 2.39. The monoisotopic (exact) mass is 310 g/mol. The molecule has 21 heavy (non-hydrogen) atoms. The van der Waals surface area contributed by atoms with Crippen LogP contribution in [0.1, 0.15) is 57.8 Å². The first-order chi connectivity index (χ1) is 9.89. The van der Waals surface area contributed by atoms with Gasteiger partial charge in [0.05, 0.1) is 18.1 Å². The Labute approximate surface area is 123 Å². The molecule has 1 aliphatic heterocycles. The Morgan fingerprint density at radius 2 is 1.86 bits per heavy atom. The van der Waals surface area contributed by atoms with Crippen LogP contribution in [0, 0.1) is 5.92 Å². The van der Waals surface area contributed by atoms with Crippen LogP contribution in [0.3, 0.4) is 0 Å². The summed E-state index contributed by atoms with van der Waals surface area (Å²) >= 11 is 0. The quantitative estimate of drug-likeness (QED) is 0.839. The van der Waals surface area contributed by atoms with E-state index in [0.29, 0.717) is 25.9 Å². The average molecular weight is 310 g/mol.